The van der Waals surface area contributed by atoms with Crippen molar-refractivity contribution in [1.29, 1.82) is 0 Å². The number of rotatable bonds is 4. The average molecular weight is 332 g/mol. The molecule has 4 nitrogen and oxygen atoms in total. The van der Waals surface area contributed by atoms with E-state index in [1.807, 2.05) is 6.92 Å². The number of ether oxygens (including phenoxy) is 1. The lowest BCUT2D eigenvalue weighted by atomic mass is 10.1. The first-order valence-electron chi connectivity index (χ1n) is 7.25. The zero-order chi connectivity index (χ0) is 15.5. The first-order chi connectivity index (χ1) is 10.0. The minimum atomic E-state index is -3.47. The maximum Gasteiger partial charge on any atom is 0.243 e. The van der Waals surface area contributed by atoms with Crippen LogP contribution >= 0.6 is 11.6 Å². The van der Waals surface area contributed by atoms with Gasteiger partial charge in [0.15, 0.2) is 0 Å². The molecule has 0 aromatic heterocycles. The van der Waals surface area contributed by atoms with E-state index in [2.05, 4.69) is 0 Å². The van der Waals surface area contributed by atoms with Crippen molar-refractivity contribution in [2.75, 3.05) is 13.7 Å². The number of alkyl halides is 1. The smallest absolute Gasteiger partial charge is 0.243 e. The van der Waals surface area contributed by atoms with Crippen molar-refractivity contribution in [3.05, 3.63) is 23.8 Å². The molecule has 0 spiro atoms. The van der Waals surface area contributed by atoms with Crippen LogP contribution in [0, 0.1) is 0 Å². The third-order valence-corrected chi connectivity index (χ3v) is 6.29. The molecule has 0 amide bonds. The number of hydrogen-bond donors (Lipinski definition) is 0. The van der Waals surface area contributed by atoms with Crippen molar-refractivity contribution in [1.82, 2.24) is 4.31 Å². The van der Waals surface area contributed by atoms with Crippen LogP contribution in [0.5, 0.6) is 5.75 Å². The van der Waals surface area contributed by atoms with Gasteiger partial charge in [0.25, 0.3) is 0 Å². The minimum absolute atomic E-state index is 0.0408. The largest absolute Gasteiger partial charge is 0.496 e. The van der Waals surface area contributed by atoms with Crippen molar-refractivity contribution < 1.29 is 13.2 Å². The Morgan fingerprint density at radius 1 is 1.33 bits per heavy atom. The number of benzene rings is 1. The molecule has 0 radical (unpaired) electrons. The molecule has 118 valence electrons. The van der Waals surface area contributed by atoms with Crippen molar-refractivity contribution in [2.24, 2.45) is 0 Å². The second kappa shape index (κ2) is 6.99. The van der Waals surface area contributed by atoms with Crippen LogP contribution in [0.1, 0.15) is 38.2 Å². The zero-order valence-corrected chi connectivity index (χ0v) is 14.1. The molecular formula is C15H22ClNO3S. The van der Waals surface area contributed by atoms with Crippen LogP contribution in [0.25, 0.3) is 0 Å². The molecule has 21 heavy (non-hydrogen) atoms. The summed E-state index contributed by atoms with van der Waals surface area (Å²) < 4.78 is 32.5. The second-order valence-electron chi connectivity index (χ2n) is 5.42. The molecule has 1 aliphatic rings. The molecule has 0 N–H and O–H groups in total. The molecule has 2 rings (SSSR count). The Labute approximate surface area is 132 Å². The number of nitrogens with zero attached hydrogens (tertiary/aromatic N) is 1. The van der Waals surface area contributed by atoms with E-state index in [9.17, 15) is 8.42 Å². The summed E-state index contributed by atoms with van der Waals surface area (Å²) in [7, 11) is -1.92. The molecule has 1 unspecified atom stereocenters. The predicted molar refractivity (Wildman–Crippen MR) is 84.4 cm³/mol. The molecule has 1 aliphatic heterocycles. The van der Waals surface area contributed by atoms with Gasteiger partial charge in [0.1, 0.15) is 5.75 Å². The fourth-order valence-corrected chi connectivity index (χ4v) is 4.72. The number of methoxy groups -OCH3 is 1. The van der Waals surface area contributed by atoms with Crippen molar-refractivity contribution in [3.8, 4) is 5.75 Å². The minimum Gasteiger partial charge on any atom is -0.496 e. The monoisotopic (exact) mass is 331 g/mol. The van der Waals surface area contributed by atoms with Crippen LogP contribution in [0.4, 0.5) is 0 Å². The summed E-state index contributed by atoms with van der Waals surface area (Å²) in [6.07, 6.45) is 4.01. The highest BCUT2D eigenvalue weighted by molar-refractivity contribution is 7.89. The van der Waals surface area contributed by atoms with Gasteiger partial charge in [0.2, 0.25) is 10.0 Å². The Kier molecular flexibility index (Phi) is 5.52. The fraction of sp³-hybridized carbons (Fsp3) is 0.600. The summed E-state index contributed by atoms with van der Waals surface area (Å²) >= 11 is 5.89. The van der Waals surface area contributed by atoms with Crippen LogP contribution in [0.2, 0.25) is 0 Å². The molecule has 1 atom stereocenters. The third kappa shape index (κ3) is 3.52. The van der Waals surface area contributed by atoms with Crippen molar-refractivity contribution >= 4 is 21.6 Å². The summed E-state index contributed by atoms with van der Waals surface area (Å²) in [5, 5.41) is 0. The van der Waals surface area contributed by atoms with E-state index in [1.165, 1.54) is 0 Å². The Bertz CT molecular complexity index is 589. The van der Waals surface area contributed by atoms with Gasteiger partial charge in [-0.3, -0.25) is 0 Å². The molecule has 1 fully saturated rings. The summed E-state index contributed by atoms with van der Waals surface area (Å²) in [6, 6.07) is 4.94. The molecule has 1 aromatic rings. The van der Waals surface area contributed by atoms with Gasteiger partial charge < -0.3 is 4.74 Å². The molecule has 1 saturated heterocycles. The van der Waals surface area contributed by atoms with E-state index in [0.717, 1.165) is 25.7 Å². The van der Waals surface area contributed by atoms with Crippen molar-refractivity contribution in [3.63, 3.8) is 0 Å². The Morgan fingerprint density at radius 2 is 2.10 bits per heavy atom. The van der Waals surface area contributed by atoms with Gasteiger partial charge in [-0.2, -0.15) is 4.31 Å². The van der Waals surface area contributed by atoms with E-state index < -0.39 is 10.0 Å². The Hall–Kier alpha value is -0.780. The Morgan fingerprint density at radius 3 is 2.76 bits per heavy atom. The standard InChI is InChI=1S/C15H22ClNO3S/c1-12-6-4-3-5-9-17(12)21(18,19)14-7-8-15(20-2)13(10-14)11-16/h7-8,10,12H,3-6,9,11H2,1-2H3. The molecule has 0 aliphatic carbocycles. The van der Waals surface area contributed by atoms with Gasteiger partial charge in [-0.05, 0) is 38.0 Å². The molecule has 0 saturated carbocycles. The van der Waals surface area contributed by atoms with Crippen LogP contribution in [0.15, 0.2) is 23.1 Å². The van der Waals surface area contributed by atoms with Crippen LogP contribution in [-0.4, -0.2) is 32.4 Å². The maximum absolute atomic E-state index is 12.9. The van der Waals surface area contributed by atoms with Crippen LogP contribution in [0.3, 0.4) is 0 Å². The highest BCUT2D eigenvalue weighted by atomic mass is 35.5. The highest BCUT2D eigenvalue weighted by Gasteiger charge is 2.30. The van der Waals surface area contributed by atoms with E-state index in [1.54, 1.807) is 29.6 Å². The van der Waals surface area contributed by atoms with Crippen LogP contribution < -0.4 is 4.74 Å². The normalized spacial score (nSPS) is 21.0. The zero-order valence-electron chi connectivity index (χ0n) is 12.5. The fourth-order valence-electron chi connectivity index (χ4n) is 2.76. The molecule has 6 heteroatoms. The van der Waals surface area contributed by atoms with Crippen molar-refractivity contribution in [2.45, 2.75) is 49.4 Å². The summed E-state index contributed by atoms with van der Waals surface area (Å²) in [4.78, 5) is 0.299. The van der Waals surface area contributed by atoms with Gasteiger partial charge in [-0.15, -0.1) is 11.6 Å². The van der Waals surface area contributed by atoms with Gasteiger partial charge in [0.05, 0.1) is 17.9 Å². The molecule has 1 aromatic carbocycles. The first-order valence-corrected chi connectivity index (χ1v) is 9.23. The number of sulfonamides is 1. The lowest BCUT2D eigenvalue weighted by Gasteiger charge is -2.26. The average Bonchev–Trinajstić information content (AvgIpc) is 2.71. The van der Waals surface area contributed by atoms with Gasteiger partial charge >= 0.3 is 0 Å². The summed E-state index contributed by atoms with van der Waals surface area (Å²) in [5.41, 5.74) is 0.697. The maximum atomic E-state index is 12.9. The predicted octanol–water partition coefficient (Wildman–Crippen LogP) is 3.39. The summed E-state index contributed by atoms with van der Waals surface area (Å²) in [5.74, 6) is 0.843. The van der Waals surface area contributed by atoms with Crippen LogP contribution in [-0.2, 0) is 15.9 Å². The molecular weight excluding hydrogens is 310 g/mol. The Balaban J connectivity index is 2.38. The SMILES string of the molecule is COc1ccc(S(=O)(=O)N2CCCCCC2C)cc1CCl. The van der Waals surface area contributed by atoms with E-state index >= 15 is 0 Å². The second-order valence-corrected chi connectivity index (χ2v) is 7.58. The highest BCUT2D eigenvalue weighted by Crippen LogP contribution is 2.28. The first kappa shape index (κ1) is 16.6. The number of halogens is 1. The van der Waals surface area contributed by atoms with E-state index in [0.29, 0.717) is 22.8 Å². The lowest BCUT2D eigenvalue weighted by molar-refractivity contribution is 0.342. The van der Waals surface area contributed by atoms with Gasteiger partial charge in [0, 0.05) is 18.2 Å². The van der Waals surface area contributed by atoms with E-state index in [4.69, 9.17) is 16.3 Å². The van der Waals surface area contributed by atoms with Gasteiger partial charge in [-0.25, -0.2) is 8.42 Å². The summed E-state index contributed by atoms with van der Waals surface area (Å²) in [6.45, 7) is 2.57. The molecule has 0 bridgehead atoms. The van der Waals surface area contributed by atoms with E-state index in [-0.39, 0.29) is 11.9 Å². The quantitative estimate of drug-likeness (QED) is 0.794. The third-order valence-electron chi connectivity index (χ3n) is 3.99. The topological polar surface area (TPSA) is 46.6 Å². The van der Waals surface area contributed by atoms with Gasteiger partial charge in [-0.1, -0.05) is 12.8 Å². The lowest BCUT2D eigenvalue weighted by Crippen LogP contribution is -2.38. The molecule has 1 heterocycles. The number of hydrogen-bond acceptors (Lipinski definition) is 3.